The Morgan fingerprint density at radius 1 is 1.24 bits per heavy atom. The molecule has 1 heterocycles. The molecule has 5 nitrogen and oxygen atoms in total. The van der Waals surface area contributed by atoms with Gasteiger partial charge in [0.15, 0.2) is 0 Å². The first-order valence-corrected chi connectivity index (χ1v) is 7.40. The summed E-state index contributed by atoms with van der Waals surface area (Å²) in [7, 11) is 0. The summed E-state index contributed by atoms with van der Waals surface area (Å²) >= 11 is 0. The van der Waals surface area contributed by atoms with Crippen LogP contribution in [-0.4, -0.2) is 34.5 Å². The average Bonchev–Trinajstić information content (AvgIpc) is 2.85. The molecule has 0 aromatic heterocycles. The molecule has 2 rings (SSSR count). The highest BCUT2D eigenvalue weighted by Crippen LogP contribution is 2.23. The van der Waals surface area contributed by atoms with Gasteiger partial charge in [0.2, 0.25) is 5.91 Å². The number of aromatic carboxylic acids is 1. The number of amides is 1. The maximum atomic E-state index is 12.0. The molecular weight excluding hydrogens is 268 g/mol. The number of benzene rings is 1. The zero-order valence-corrected chi connectivity index (χ0v) is 12.6. The molecule has 0 spiro atoms. The Morgan fingerprint density at radius 3 is 2.52 bits per heavy atom. The van der Waals surface area contributed by atoms with Crippen molar-refractivity contribution in [3.63, 3.8) is 0 Å². The summed E-state index contributed by atoms with van der Waals surface area (Å²) in [5.74, 6) is -0.877. The predicted octanol–water partition coefficient (Wildman–Crippen LogP) is 2.01. The quantitative estimate of drug-likeness (QED) is 0.841. The second kappa shape index (κ2) is 6.72. The molecular formula is C16H22N2O3. The van der Waals surface area contributed by atoms with Crippen molar-refractivity contribution >= 4 is 11.9 Å². The van der Waals surface area contributed by atoms with Crippen molar-refractivity contribution in [3.05, 3.63) is 34.9 Å². The minimum Gasteiger partial charge on any atom is -0.478 e. The molecule has 21 heavy (non-hydrogen) atoms. The molecule has 0 saturated heterocycles. The highest BCUT2D eigenvalue weighted by molar-refractivity contribution is 5.88. The number of nitrogens with zero attached hydrogens (tertiary/aromatic N) is 1. The zero-order valence-electron chi connectivity index (χ0n) is 12.6. The Hall–Kier alpha value is -1.88. The fourth-order valence-corrected chi connectivity index (χ4v) is 2.68. The van der Waals surface area contributed by atoms with Gasteiger partial charge in [-0.25, -0.2) is 4.79 Å². The van der Waals surface area contributed by atoms with Gasteiger partial charge in [0.1, 0.15) is 0 Å². The summed E-state index contributed by atoms with van der Waals surface area (Å²) in [6, 6.07) is 5.41. The van der Waals surface area contributed by atoms with E-state index in [2.05, 4.69) is 19.2 Å². The number of hydrogen-bond acceptors (Lipinski definition) is 3. The van der Waals surface area contributed by atoms with E-state index in [1.54, 1.807) is 12.1 Å². The fraction of sp³-hybridized carbons (Fsp3) is 0.500. The molecule has 1 aliphatic heterocycles. The van der Waals surface area contributed by atoms with Crippen LogP contribution in [0.1, 0.15) is 48.2 Å². The van der Waals surface area contributed by atoms with E-state index in [-0.39, 0.29) is 11.9 Å². The third-order valence-electron chi connectivity index (χ3n) is 3.96. The molecule has 2 N–H and O–H groups in total. The second-order valence-corrected chi connectivity index (χ2v) is 5.51. The van der Waals surface area contributed by atoms with Crippen LogP contribution in [-0.2, 0) is 17.9 Å². The summed E-state index contributed by atoms with van der Waals surface area (Å²) in [5.41, 5.74) is 2.41. The molecule has 1 aromatic carbocycles. The van der Waals surface area contributed by atoms with Gasteiger partial charge in [0.05, 0.1) is 12.1 Å². The van der Waals surface area contributed by atoms with Crippen LogP contribution in [0.15, 0.2) is 18.2 Å². The Bertz CT molecular complexity index is 538. The lowest BCUT2D eigenvalue weighted by atomic mass is 10.1. The summed E-state index contributed by atoms with van der Waals surface area (Å²) in [5, 5.41) is 12.0. The van der Waals surface area contributed by atoms with E-state index < -0.39 is 5.97 Å². The van der Waals surface area contributed by atoms with Crippen LogP contribution >= 0.6 is 0 Å². The second-order valence-electron chi connectivity index (χ2n) is 5.51. The van der Waals surface area contributed by atoms with Gasteiger partial charge in [0, 0.05) is 19.1 Å². The van der Waals surface area contributed by atoms with Crippen molar-refractivity contribution in [2.45, 2.75) is 45.8 Å². The van der Waals surface area contributed by atoms with Crippen LogP contribution in [0.2, 0.25) is 0 Å². The van der Waals surface area contributed by atoms with Crippen LogP contribution < -0.4 is 5.32 Å². The van der Waals surface area contributed by atoms with Crippen molar-refractivity contribution in [3.8, 4) is 0 Å². The molecule has 0 unspecified atom stereocenters. The molecule has 1 amide bonds. The zero-order chi connectivity index (χ0) is 15.4. The predicted molar refractivity (Wildman–Crippen MR) is 80.0 cm³/mol. The van der Waals surface area contributed by atoms with E-state index in [0.29, 0.717) is 25.2 Å². The lowest BCUT2D eigenvalue weighted by molar-refractivity contribution is -0.123. The first kappa shape index (κ1) is 15.5. The monoisotopic (exact) mass is 290 g/mol. The summed E-state index contributed by atoms with van der Waals surface area (Å²) in [6.45, 7) is 5.81. The lowest BCUT2D eigenvalue weighted by Gasteiger charge is -2.18. The number of nitrogens with one attached hydrogen (secondary N) is 1. The standard InChI is InChI=1S/C16H22N2O3/c1-3-14(4-2)17-15(19)10-18-8-12-6-5-11(16(20)21)7-13(12)9-18/h5-7,14H,3-4,8-10H2,1-2H3,(H,17,19)(H,20,21). The molecule has 0 radical (unpaired) electrons. The minimum atomic E-state index is -0.914. The van der Waals surface area contributed by atoms with E-state index in [0.717, 1.165) is 24.0 Å². The van der Waals surface area contributed by atoms with E-state index in [9.17, 15) is 9.59 Å². The van der Waals surface area contributed by atoms with Gasteiger partial charge in [-0.2, -0.15) is 0 Å². The largest absolute Gasteiger partial charge is 0.478 e. The van der Waals surface area contributed by atoms with Gasteiger partial charge in [-0.1, -0.05) is 19.9 Å². The van der Waals surface area contributed by atoms with Crippen molar-refractivity contribution in [1.82, 2.24) is 10.2 Å². The van der Waals surface area contributed by atoms with E-state index >= 15 is 0 Å². The molecule has 5 heteroatoms. The summed E-state index contributed by atoms with van der Waals surface area (Å²) < 4.78 is 0. The van der Waals surface area contributed by atoms with Gasteiger partial charge in [0.25, 0.3) is 0 Å². The minimum absolute atomic E-state index is 0.0370. The summed E-state index contributed by atoms with van der Waals surface area (Å²) in [4.78, 5) is 25.0. The Kier molecular flexibility index (Phi) is 4.96. The van der Waals surface area contributed by atoms with Crippen LogP contribution in [0.5, 0.6) is 0 Å². The van der Waals surface area contributed by atoms with Gasteiger partial charge in [-0.3, -0.25) is 9.69 Å². The highest BCUT2D eigenvalue weighted by Gasteiger charge is 2.22. The van der Waals surface area contributed by atoms with Crippen molar-refractivity contribution in [2.75, 3.05) is 6.54 Å². The number of carbonyl (C=O) groups excluding carboxylic acids is 1. The molecule has 0 bridgehead atoms. The number of fused-ring (bicyclic) bond motifs is 1. The van der Waals surface area contributed by atoms with Crippen molar-refractivity contribution in [2.24, 2.45) is 0 Å². The molecule has 1 aromatic rings. The smallest absolute Gasteiger partial charge is 0.335 e. The molecule has 0 aliphatic carbocycles. The summed E-state index contributed by atoms with van der Waals surface area (Å²) in [6.07, 6.45) is 1.87. The van der Waals surface area contributed by atoms with E-state index in [1.165, 1.54) is 0 Å². The molecule has 0 fully saturated rings. The Balaban J connectivity index is 1.94. The number of rotatable bonds is 6. The van der Waals surface area contributed by atoms with Gasteiger partial charge >= 0.3 is 5.97 Å². The van der Waals surface area contributed by atoms with Gasteiger partial charge in [-0.05, 0) is 36.1 Å². The normalized spacial score (nSPS) is 14.2. The topological polar surface area (TPSA) is 69.6 Å². The van der Waals surface area contributed by atoms with E-state index in [4.69, 9.17) is 5.11 Å². The Morgan fingerprint density at radius 2 is 1.90 bits per heavy atom. The van der Waals surface area contributed by atoms with Crippen LogP contribution in [0.25, 0.3) is 0 Å². The van der Waals surface area contributed by atoms with Crippen molar-refractivity contribution < 1.29 is 14.7 Å². The molecule has 0 saturated carbocycles. The van der Waals surface area contributed by atoms with Crippen LogP contribution in [0, 0.1) is 0 Å². The third-order valence-corrected chi connectivity index (χ3v) is 3.96. The first-order valence-electron chi connectivity index (χ1n) is 7.40. The number of carboxylic acids is 1. The number of carbonyl (C=O) groups is 2. The first-order chi connectivity index (χ1) is 10.0. The molecule has 114 valence electrons. The molecule has 1 aliphatic rings. The van der Waals surface area contributed by atoms with Gasteiger partial charge < -0.3 is 10.4 Å². The van der Waals surface area contributed by atoms with Gasteiger partial charge in [-0.15, -0.1) is 0 Å². The van der Waals surface area contributed by atoms with E-state index in [1.807, 2.05) is 11.0 Å². The number of carboxylic acid groups (broad SMARTS) is 1. The molecule has 0 atom stereocenters. The average molecular weight is 290 g/mol. The maximum absolute atomic E-state index is 12.0. The van der Waals surface area contributed by atoms with Crippen molar-refractivity contribution in [1.29, 1.82) is 0 Å². The fourth-order valence-electron chi connectivity index (χ4n) is 2.68. The van der Waals surface area contributed by atoms with Crippen LogP contribution in [0.4, 0.5) is 0 Å². The SMILES string of the molecule is CCC(CC)NC(=O)CN1Cc2ccc(C(=O)O)cc2C1. The highest BCUT2D eigenvalue weighted by atomic mass is 16.4. The maximum Gasteiger partial charge on any atom is 0.335 e. The van der Waals surface area contributed by atoms with Crippen LogP contribution in [0.3, 0.4) is 0 Å². The Labute approximate surface area is 125 Å². The lowest BCUT2D eigenvalue weighted by Crippen LogP contribution is -2.40. The number of hydrogen-bond donors (Lipinski definition) is 2. The third kappa shape index (κ3) is 3.82.